The standard InChI is InChI=1S/C16H14ClFN2O/c1-2-5-13(17)15-19-16(21-20-15)12-8-9-14(18)11-7-4-3-6-10(11)12/h3-4,6-9,13H,2,5H2,1H3. The van der Waals surface area contributed by atoms with Gasteiger partial charge in [0.2, 0.25) is 0 Å². The van der Waals surface area contributed by atoms with Crippen LogP contribution in [0, 0.1) is 5.82 Å². The van der Waals surface area contributed by atoms with Gasteiger partial charge in [-0.1, -0.05) is 42.8 Å². The summed E-state index contributed by atoms with van der Waals surface area (Å²) >= 11 is 6.21. The van der Waals surface area contributed by atoms with Crippen LogP contribution in [0.15, 0.2) is 40.9 Å². The summed E-state index contributed by atoms with van der Waals surface area (Å²) < 4.78 is 19.1. The lowest BCUT2D eigenvalue weighted by atomic mass is 10.0. The van der Waals surface area contributed by atoms with Crippen LogP contribution in [0.2, 0.25) is 0 Å². The van der Waals surface area contributed by atoms with E-state index in [1.165, 1.54) is 6.07 Å². The quantitative estimate of drug-likeness (QED) is 0.629. The average Bonchev–Trinajstić information content (AvgIpc) is 2.98. The Morgan fingerprint density at radius 3 is 2.71 bits per heavy atom. The molecule has 1 atom stereocenters. The fourth-order valence-electron chi connectivity index (χ4n) is 2.30. The molecule has 0 spiro atoms. The van der Waals surface area contributed by atoms with Crippen LogP contribution in [0.4, 0.5) is 4.39 Å². The van der Waals surface area contributed by atoms with Crippen molar-refractivity contribution < 1.29 is 8.91 Å². The highest BCUT2D eigenvalue weighted by atomic mass is 35.5. The fraction of sp³-hybridized carbons (Fsp3) is 0.250. The highest BCUT2D eigenvalue weighted by Crippen LogP contribution is 2.31. The van der Waals surface area contributed by atoms with E-state index in [-0.39, 0.29) is 11.2 Å². The number of hydrogen-bond acceptors (Lipinski definition) is 3. The number of rotatable bonds is 4. The molecule has 0 bridgehead atoms. The van der Waals surface area contributed by atoms with Crippen molar-refractivity contribution >= 4 is 22.4 Å². The van der Waals surface area contributed by atoms with Crippen molar-refractivity contribution in [2.45, 2.75) is 25.1 Å². The molecule has 3 rings (SSSR count). The molecule has 2 aromatic carbocycles. The SMILES string of the molecule is CCCC(Cl)c1noc(-c2ccc(F)c3ccccc23)n1. The monoisotopic (exact) mass is 304 g/mol. The van der Waals surface area contributed by atoms with E-state index in [1.54, 1.807) is 18.2 Å². The maximum Gasteiger partial charge on any atom is 0.258 e. The highest BCUT2D eigenvalue weighted by Gasteiger charge is 2.18. The summed E-state index contributed by atoms with van der Waals surface area (Å²) in [5.74, 6) is 0.570. The van der Waals surface area contributed by atoms with E-state index < -0.39 is 0 Å². The third-order valence-electron chi connectivity index (χ3n) is 3.37. The molecule has 1 heterocycles. The smallest absolute Gasteiger partial charge is 0.258 e. The van der Waals surface area contributed by atoms with E-state index in [2.05, 4.69) is 10.1 Å². The zero-order valence-corrected chi connectivity index (χ0v) is 12.3. The van der Waals surface area contributed by atoms with Crippen molar-refractivity contribution in [1.29, 1.82) is 0 Å². The van der Waals surface area contributed by atoms with Gasteiger partial charge >= 0.3 is 0 Å². The maximum absolute atomic E-state index is 13.8. The molecule has 0 radical (unpaired) electrons. The second kappa shape index (κ2) is 5.82. The minimum absolute atomic E-state index is 0.265. The van der Waals surface area contributed by atoms with E-state index in [0.717, 1.165) is 18.2 Å². The van der Waals surface area contributed by atoms with Crippen molar-refractivity contribution in [1.82, 2.24) is 10.1 Å². The van der Waals surface area contributed by atoms with E-state index in [1.807, 2.05) is 19.1 Å². The molecule has 0 saturated carbocycles. The molecule has 0 N–H and O–H groups in total. The lowest BCUT2D eigenvalue weighted by Gasteiger charge is -2.03. The summed E-state index contributed by atoms with van der Waals surface area (Å²) in [5.41, 5.74) is 0.714. The topological polar surface area (TPSA) is 38.9 Å². The number of fused-ring (bicyclic) bond motifs is 1. The Hall–Kier alpha value is -1.94. The minimum atomic E-state index is -0.268. The first kappa shape index (κ1) is 14.0. The van der Waals surface area contributed by atoms with Gasteiger partial charge in [0, 0.05) is 10.9 Å². The van der Waals surface area contributed by atoms with E-state index in [4.69, 9.17) is 16.1 Å². The zero-order chi connectivity index (χ0) is 14.8. The number of nitrogens with zero attached hydrogens (tertiary/aromatic N) is 2. The molecule has 0 aliphatic carbocycles. The number of halogens is 2. The first-order valence-electron chi connectivity index (χ1n) is 6.86. The number of benzene rings is 2. The molecule has 0 fully saturated rings. The number of alkyl halides is 1. The van der Waals surface area contributed by atoms with Crippen LogP contribution in [0.5, 0.6) is 0 Å². The van der Waals surface area contributed by atoms with Gasteiger partial charge in [0.15, 0.2) is 5.82 Å². The summed E-state index contributed by atoms with van der Waals surface area (Å²) in [5, 5.41) is 4.94. The molecule has 108 valence electrons. The van der Waals surface area contributed by atoms with Gasteiger partial charge in [-0.2, -0.15) is 4.98 Å². The van der Waals surface area contributed by atoms with Gasteiger partial charge in [0.25, 0.3) is 5.89 Å². The molecule has 21 heavy (non-hydrogen) atoms. The predicted octanol–water partition coefficient (Wildman–Crippen LogP) is 5.11. The van der Waals surface area contributed by atoms with Crippen LogP contribution < -0.4 is 0 Å². The first-order chi connectivity index (χ1) is 10.2. The van der Waals surface area contributed by atoms with Gasteiger partial charge in [-0.05, 0) is 23.9 Å². The van der Waals surface area contributed by atoms with Crippen molar-refractivity contribution in [3.8, 4) is 11.5 Å². The minimum Gasteiger partial charge on any atom is -0.334 e. The Morgan fingerprint density at radius 1 is 1.19 bits per heavy atom. The second-order valence-electron chi connectivity index (χ2n) is 4.85. The molecule has 5 heteroatoms. The molecule has 0 amide bonds. The molecule has 1 unspecified atom stereocenters. The van der Waals surface area contributed by atoms with Crippen LogP contribution in [0.25, 0.3) is 22.2 Å². The van der Waals surface area contributed by atoms with Crippen molar-refractivity contribution in [3.63, 3.8) is 0 Å². The lowest BCUT2D eigenvalue weighted by molar-refractivity contribution is 0.421. The van der Waals surface area contributed by atoms with Crippen LogP contribution in [0.1, 0.15) is 31.0 Å². The lowest BCUT2D eigenvalue weighted by Crippen LogP contribution is -1.92. The third kappa shape index (κ3) is 2.63. The van der Waals surface area contributed by atoms with Gasteiger partial charge in [-0.15, -0.1) is 11.6 Å². The summed E-state index contributed by atoms with van der Waals surface area (Å²) in [6, 6.07) is 10.3. The van der Waals surface area contributed by atoms with Crippen LogP contribution in [0.3, 0.4) is 0 Å². The maximum atomic E-state index is 13.8. The predicted molar refractivity (Wildman–Crippen MR) is 80.7 cm³/mol. The molecule has 0 aliphatic rings. The normalized spacial score (nSPS) is 12.7. The van der Waals surface area contributed by atoms with Crippen LogP contribution >= 0.6 is 11.6 Å². The Bertz CT molecular complexity index is 772. The number of aromatic nitrogens is 2. The largest absolute Gasteiger partial charge is 0.334 e. The van der Waals surface area contributed by atoms with Gasteiger partial charge < -0.3 is 4.52 Å². The zero-order valence-electron chi connectivity index (χ0n) is 11.5. The molecular weight excluding hydrogens is 291 g/mol. The molecule has 0 saturated heterocycles. The van der Waals surface area contributed by atoms with E-state index in [0.29, 0.717) is 22.7 Å². The fourth-order valence-corrected chi connectivity index (χ4v) is 2.61. The highest BCUT2D eigenvalue weighted by molar-refractivity contribution is 6.20. The summed E-state index contributed by atoms with van der Waals surface area (Å²) in [7, 11) is 0. The molecule has 3 aromatic rings. The summed E-state index contributed by atoms with van der Waals surface area (Å²) in [4.78, 5) is 4.35. The van der Waals surface area contributed by atoms with Gasteiger partial charge in [-0.3, -0.25) is 0 Å². The van der Waals surface area contributed by atoms with Crippen molar-refractivity contribution in [3.05, 3.63) is 48.0 Å². The summed E-state index contributed by atoms with van der Waals surface area (Å²) in [6.07, 6.45) is 1.72. The molecular formula is C16H14ClFN2O. The third-order valence-corrected chi connectivity index (χ3v) is 3.78. The molecule has 0 aliphatic heterocycles. The first-order valence-corrected chi connectivity index (χ1v) is 7.29. The van der Waals surface area contributed by atoms with Gasteiger partial charge in [0.1, 0.15) is 5.82 Å². The Morgan fingerprint density at radius 2 is 1.95 bits per heavy atom. The second-order valence-corrected chi connectivity index (χ2v) is 5.38. The number of hydrogen-bond donors (Lipinski definition) is 0. The van der Waals surface area contributed by atoms with E-state index in [9.17, 15) is 4.39 Å². The molecule has 1 aromatic heterocycles. The van der Waals surface area contributed by atoms with Crippen LogP contribution in [-0.4, -0.2) is 10.1 Å². The van der Waals surface area contributed by atoms with Gasteiger partial charge in [-0.25, -0.2) is 4.39 Å². The average molecular weight is 305 g/mol. The Labute approximate surface area is 126 Å². The molecule has 3 nitrogen and oxygen atoms in total. The summed E-state index contributed by atoms with van der Waals surface area (Å²) in [6.45, 7) is 2.05. The van der Waals surface area contributed by atoms with Crippen LogP contribution in [-0.2, 0) is 0 Å². The van der Waals surface area contributed by atoms with E-state index >= 15 is 0 Å². The van der Waals surface area contributed by atoms with Crippen molar-refractivity contribution in [2.24, 2.45) is 0 Å². The Balaban J connectivity index is 2.07. The van der Waals surface area contributed by atoms with Gasteiger partial charge in [0.05, 0.1) is 5.38 Å². The van der Waals surface area contributed by atoms with Crippen molar-refractivity contribution in [2.75, 3.05) is 0 Å². The Kier molecular flexibility index (Phi) is 3.88.